The van der Waals surface area contributed by atoms with Crippen LogP contribution in [-0.2, 0) is 16.6 Å². The van der Waals surface area contributed by atoms with Crippen LogP contribution in [0.1, 0.15) is 26.5 Å². The topological polar surface area (TPSA) is 71.3 Å². The summed E-state index contributed by atoms with van der Waals surface area (Å²) in [7, 11) is -3.60. The summed E-state index contributed by atoms with van der Waals surface area (Å²) >= 11 is 0. The summed E-state index contributed by atoms with van der Waals surface area (Å²) in [5.74, 6) is 5.83. The van der Waals surface area contributed by atoms with Crippen LogP contribution in [0.2, 0.25) is 0 Å². The van der Waals surface area contributed by atoms with Crippen molar-refractivity contribution in [3.8, 4) is 11.8 Å². The summed E-state index contributed by atoms with van der Waals surface area (Å²) in [4.78, 5) is 0. The van der Waals surface area contributed by atoms with Crippen molar-refractivity contribution >= 4 is 10.0 Å². The maximum atomic E-state index is 11.8. The molecule has 0 aromatic carbocycles. The molecule has 0 saturated carbocycles. The van der Waals surface area contributed by atoms with Gasteiger partial charge in [0.2, 0.25) is 5.09 Å². The van der Waals surface area contributed by atoms with Crippen molar-refractivity contribution in [2.24, 2.45) is 0 Å². The Bertz CT molecular complexity index is 535. The molecule has 0 aliphatic heterocycles. The zero-order valence-corrected chi connectivity index (χ0v) is 11.6. The molecule has 100 valence electrons. The minimum atomic E-state index is -3.60. The molecule has 0 saturated heterocycles. The molecule has 18 heavy (non-hydrogen) atoms. The van der Waals surface area contributed by atoms with E-state index in [0.717, 1.165) is 0 Å². The van der Waals surface area contributed by atoms with Crippen LogP contribution in [0.4, 0.5) is 0 Å². The molecule has 0 aliphatic rings. The van der Waals surface area contributed by atoms with Crippen LogP contribution >= 0.6 is 0 Å². The highest BCUT2D eigenvalue weighted by molar-refractivity contribution is 7.89. The van der Waals surface area contributed by atoms with Crippen molar-refractivity contribution in [3.05, 3.63) is 17.9 Å². The molecule has 5 nitrogen and oxygen atoms in total. The number of rotatable bonds is 6. The van der Waals surface area contributed by atoms with Gasteiger partial charge in [-0.25, -0.2) is 8.42 Å². The van der Waals surface area contributed by atoms with E-state index in [1.807, 2.05) is 13.8 Å². The van der Waals surface area contributed by atoms with Crippen molar-refractivity contribution in [3.63, 3.8) is 0 Å². The van der Waals surface area contributed by atoms with E-state index in [1.54, 1.807) is 13.0 Å². The van der Waals surface area contributed by atoms with Gasteiger partial charge in [0.05, 0.1) is 13.1 Å². The first-order valence-corrected chi connectivity index (χ1v) is 7.15. The molecule has 1 aromatic rings. The number of furan rings is 1. The third-order valence-electron chi connectivity index (χ3n) is 2.11. The van der Waals surface area contributed by atoms with Gasteiger partial charge >= 0.3 is 0 Å². The van der Waals surface area contributed by atoms with Gasteiger partial charge in [-0.1, -0.05) is 19.8 Å². The van der Waals surface area contributed by atoms with E-state index in [2.05, 4.69) is 21.9 Å². The molecular weight excluding hydrogens is 252 g/mol. The fourth-order valence-electron chi connectivity index (χ4n) is 1.19. The molecule has 1 aromatic heterocycles. The van der Waals surface area contributed by atoms with E-state index in [-0.39, 0.29) is 11.6 Å². The normalized spacial score (nSPS) is 11.3. The van der Waals surface area contributed by atoms with Gasteiger partial charge in [-0.15, -0.1) is 5.92 Å². The SMILES string of the molecule is CC#CCNS(=O)(=O)c1ccc(CNC(C)C)o1. The second-order valence-electron chi connectivity index (χ2n) is 4.01. The summed E-state index contributed by atoms with van der Waals surface area (Å²) in [6.07, 6.45) is 0. The summed E-state index contributed by atoms with van der Waals surface area (Å²) in [5.41, 5.74) is 0. The Morgan fingerprint density at radius 1 is 1.39 bits per heavy atom. The quantitative estimate of drug-likeness (QED) is 0.759. The predicted octanol–water partition coefficient (Wildman–Crippen LogP) is 1.08. The van der Waals surface area contributed by atoms with E-state index >= 15 is 0 Å². The molecular formula is C12H18N2O3S. The highest BCUT2D eigenvalue weighted by atomic mass is 32.2. The highest BCUT2D eigenvalue weighted by Gasteiger charge is 2.17. The van der Waals surface area contributed by atoms with Crippen molar-refractivity contribution < 1.29 is 12.8 Å². The first kappa shape index (κ1) is 14.8. The Kier molecular flexibility index (Phi) is 5.41. The number of hydrogen-bond acceptors (Lipinski definition) is 4. The van der Waals surface area contributed by atoms with Crippen molar-refractivity contribution in [1.29, 1.82) is 0 Å². The van der Waals surface area contributed by atoms with Gasteiger partial charge in [-0.2, -0.15) is 4.72 Å². The van der Waals surface area contributed by atoms with Crippen molar-refractivity contribution in [2.45, 2.75) is 38.5 Å². The average molecular weight is 270 g/mol. The summed E-state index contributed by atoms with van der Waals surface area (Å²) < 4.78 is 31.1. The van der Waals surface area contributed by atoms with Gasteiger partial charge in [0, 0.05) is 6.04 Å². The van der Waals surface area contributed by atoms with Gasteiger partial charge in [0.25, 0.3) is 10.0 Å². The molecule has 0 unspecified atom stereocenters. The lowest BCUT2D eigenvalue weighted by Gasteiger charge is -2.05. The van der Waals surface area contributed by atoms with Crippen LogP contribution < -0.4 is 10.0 Å². The third-order valence-corrected chi connectivity index (χ3v) is 3.39. The molecule has 1 rings (SSSR count). The highest BCUT2D eigenvalue weighted by Crippen LogP contribution is 2.13. The fourth-order valence-corrected chi connectivity index (χ4v) is 2.06. The molecule has 0 aliphatic carbocycles. The average Bonchev–Trinajstić information content (AvgIpc) is 2.76. The second-order valence-corrected chi connectivity index (χ2v) is 5.71. The molecule has 2 N–H and O–H groups in total. The molecule has 0 spiro atoms. The zero-order chi connectivity index (χ0) is 13.6. The van der Waals surface area contributed by atoms with Crippen LogP contribution in [0.5, 0.6) is 0 Å². The van der Waals surface area contributed by atoms with Gasteiger partial charge in [-0.05, 0) is 19.1 Å². The van der Waals surface area contributed by atoms with E-state index in [4.69, 9.17) is 4.42 Å². The zero-order valence-electron chi connectivity index (χ0n) is 10.8. The lowest BCUT2D eigenvalue weighted by Crippen LogP contribution is -2.23. The summed E-state index contributed by atoms with van der Waals surface area (Å²) in [5, 5.41) is 3.07. The first-order chi connectivity index (χ1) is 8.45. The van der Waals surface area contributed by atoms with Crippen LogP contribution in [0.15, 0.2) is 21.6 Å². The van der Waals surface area contributed by atoms with Crippen LogP contribution in [-0.4, -0.2) is 21.0 Å². The maximum Gasteiger partial charge on any atom is 0.274 e. The monoisotopic (exact) mass is 270 g/mol. The number of hydrogen-bond donors (Lipinski definition) is 2. The molecule has 0 bridgehead atoms. The first-order valence-electron chi connectivity index (χ1n) is 5.67. The van der Waals surface area contributed by atoms with Crippen LogP contribution in [0.25, 0.3) is 0 Å². The van der Waals surface area contributed by atoms with Crippen LogP contribution in [0.3, 0.4) is 0 Å². The summed E-state index contributed by atoms with van der Waals surface area (Å²) in [6.45, 7) is 6.25. The standard InChI is InChI=1S/C12H18N2O3S/c1-4-5-8-14-18(15,16)12-7-6-11(17-12)9-13-10(2)3/h6-7,10,13-14H,8-9H2,1-3H3. The van der Waals surface area contributed by atoms with Gasteiger partial charge in [0.1, 0.15) is 5.76 Å². The minimum absolute atomic E-state index is 0.0824. The molecule has 6 heteroatoms. The maximum absolute atomic E-state index is 11.8. The molecule has 0 fully saturated rings. The van der Waals surface area contributed by atoms with E-state index in [9.17, 15) is 8.42 Å². The number of sulfonamides is 1. The summed E-state index contributed by atoms with van der Waals surface area (Å²) in [6, 6.07) is 3.40. The van der Waals surface area contributed by atoms with Crippen molar-refractivity contribution in [2.75, 3.05) is 6.54 Å². The minimum Gasteiger partial charge on any atom is -0.447 e. The van der Waals surface area contributed by atoms with E-state index < -0.39 is 10.0 Å². The molecule has 0 radical (unpaired) electrons. The molecule has 0 atom stereocenters. The van der Waals surface area contributed by atoms with Crippen molar-refractivity contribution in [1.82, 2.24) is 10.0 Å². The lowest BCUT2D eigenvalue weighted by atomic mass is 10.3. The Morgan fingerprint density at radius 2 is 2.11 bits per heavy atom. The van der Waals surface area contributed by atoms with E-state index in [1.165, 1.54) is 6.07 Å². The van der Waals surface area contributed by atoms with Crippen LogP contribution in [0, 0.1) is 11.8 Å². The Balaban J connectivity index is 2.68. The smallest absolute Gasteiger partial charge is 0.274 e. The Labute approximate surface area is 108 Å². The number of nitrogens with one attached hydrogen (secondary N) is 2. The van der Waals surface area contributed by atoms with Gasteiger partial charge in [-0.3, -0.25) is 0 Å². The predicted molar refractivity (Wildman–Crippen MR) is 69.3 cm³/mol. The second kappa shape index (κ2) is 6.59. The lowest BCUT2D eigenvalue weighted by molar-refractivity contribution is 0.393. The fraction of sp³-hybridized carbons (Fsp3) is 0.500. The largest absolute Gasteiger partial charge is 0.447 e. The van der Waals surface area contributed by atoms with Gasteiger partial charge in [0.15, 0.2) is 0 Å². The molecule has 1 heterocycles. The van der Waals surface area contributed by atoms with Gasteiger partial charge < -0.3 is 9.73 Å². The Morgan fingerprint density at radius 3 is 2.72 bits per heavy atom. The Hall–Kier alpha value is -1.29. The molecule has 0 amide bonds. The third kappa shape index (κ3) is 4.53. The van der Waals surface area contributed by atoms with E-state index in [0.29, 0.717) is 18.3 Å².